The molecule has 0 spiro atoms. The van der Waals surface area contributed by atoms with Gasteiger partial charge in [0.25, 0.3) is 0 Å². The third kappa shape index (κ3) is 4.78. The van der Waals surface area contributed by atoms with Gasteiger partial charge in [0.05, 0.1) is 0 Å². The lowest BCUT2D eigenvalue weighted by Gasteiger charge is -2.24. The van der Waals surface area contributed by atoms with E-state index in [1.165, 1.54) is 24.1 Å². The summed E-state index contributed by atoms with van der Waals surface area (Å²) in [6, 6.07) is 8.93. The van der Waals surface area contributed by atoms with Crippen molar-refractivity contribution >= 4 is 5.69 Å². The molecule has 0 saturated heterocycles. The fourth-order valence-electron chi connectivity index (χ4n) is 2.13. The molecule has 0 fully saturated rings. The molecule has 0 aliphatic heterocycles. The lowest BCUT2D eigenvalue weighted by molar-refractivity contribution is 0.402. The van der Waals surface area contributed by atoms with Crippen molar-refractivity contribution in [3.63, 3.8) is 0 Å². The summed E-state index contributed by atoms with van der Waals surface area (Å²) in [6.07, 6.45) is 2.41. The van der Waals surface area contributed by atoms with Gasteiger partial charge in [-0.2, -0.15) is 0 Å². The van der Waals surface area contributed by atoms with Crippen LogP contribution in [-0.2, 0) is 6.54 Å². The Hall–Kier alpha value is -1.02. The minimum absolute atomic E-state index is 1.01. The summed E-state index contributed by atoms with van der Waals surface area (Å²) in [7, 11) is 4.23. The molecule has 1 aromatic carbocycles. The van der Waals surface area contributed by atoms with Crippen molar-refractivity contribution in [1.29, 1.82) is 0 Å². The molecule has 0 amide bonds. The fourth-order valence-corrected chi connectivity index (χ4v) is 2.13. The monoisotopic (exact) mass is 234 g/mol. The van der Waals surface area contributed by atoms with Crippen LogP contribution in [0.1, 0.15) is 32.3 Å². The second-order valence-electron chi connectivity index (χ2n) is 4.89. The first kappa shape index (κ1) is 14.0. The largest absolute Gasteiger partial charge is 0.372 e. The zero-order valence-corrected chi connectivity index (χ0v) is 11.7. The number of anilines is 1. The van der Waals surface area contributed by atoms with Gasteiger partial charge in [0.2, 0.25) is 0 Å². The van der Waals surface area contributed by atoms with Crippen LogP contribution in [0.3, 0.4) is 0 Å². The normalized spacial score (nSPS) is 10.9. The highest BCUT2D eigenvalue weighted by molar-refractivity contribution is 5.48. The maximum atomic E-state index is 2.49. The maximum Gasteiger partial charge on any atom is 0.0369 e. The summed E-state index contributed by atoms with van der Waals surface area (Å²) < 4.78 is 0. The van der Waals surface area contributed by atoms with Gasteiger partial charge in [-0.1, -0.05) is 26.0 Å². The van der Waals surface area contributed by atoms with Crippen LogP contribution in [0.4, 0.5) is 5.69 Å². The summed E-state index contributed by atoms with van der Waals surface area (Å²) >= 11 is 0. The Morgan fingerprint density at radius 3 is 2.18 bits per heavy atom. The van der Waals surface area contributed by atoms with Gasteiger partial charge in [0.15, 0.2) is 0 Å². The SMILES string of the molecule is CCCN(CCC)c1cccc(CN(C)C)c1. The zero-order valence-electron chi connectivity index (χ0n) is 11.7. The topological polar surface area (TPSA) is 6.48 Å². The highest BCUT2D eigenvalue weighted by Crippen LogP contribution is 2.17. The molecule has 0 radical (unpaired) electrons. The first-order chi connectivity index (χ1) is 8.17. The maximum absolute atomic E-state index is 2.49. The van der Waals surface area contributed by atoms with Crippen molar-refractivity contribution in [2.24, 2.45) is 0 Å². The third-order valence-corrected chi connectivity index (χ3v) is 2.76. The van der Waals surface area contributed by atoms with Gasteiger partial charge in [-0.3, -0.25) is 0 Å². The zero-order chi connectivity index (χ0) is 12.7. The number of rotatable bonds is 7. The van der Waals surface area contributed by atoms with Gasteiger partial charge >= 0.3 is 0 Å². The van der Waals surface area contributed by atoms with Gasteiger partial charge in [0, 0.05) is 25.3 Å². The second-order valence-corrected chi connectivity index (χ2v) is 4.89. The smallest absolute Gasteiger partial charge is 0.0369 e. The van der Waals surface area contributed by atoms with Gasteiger partial charge < -0.3 is 9.80 Å². The van der Waals surface area contributed by atoms with Crippen LogP contribution in [0.25, 0.3) is 0 Å². The lowest BCUT2D eigenvalue weighted by atomic mass is 10.1. The van der Waals surface area contributed by atoms with Gasteiger partial charge in [-0.15, -0.1) is 0 Å². The molecule has 0 saturated carbocycles. The van der Waals surface area contributed by atoms with Crippen LogP contribution in [0.5, 0.6) is 0 Å². The first-order valence-corrected chi connectivity index (χ1v) is 6.66. The molecule has 0 unspecified atom stereocenters. The Bertz CT molecular complexity index is 314. The molecule has 0 aliphatic rings. The van der Waals surface area contributed by atoms with Gasteiger partial charge in [0.1, 0.15) is 0 Å². The van der Waals surface area contributed by atoms with Crippen molar-refractivity contribution in [2.75, 3.05) is 32.1 Å². The molecule has 0 N–H and O–H groups in total. The third-order valence-electron chi connectivity index (χ3n) is 2.76. The Morgan fingerprint density at radius 2 is 1.65 bits per heavy atom. The van der Waals surface area contributed by atoms with Gasteiger partial charge in [-0.05, 0) is 44.6 Å². The molecular weight excluding hydrogens is 208 g/mol. The fraction of sp³-hybridized carbons (Fsp3) is 0.600. The van der Waals surface area contributed by atoms with Crippen LogP contribution in [0.2, 0.25) is 0 Å². The van der Waals surface area contributed by atoms with E-state index in [0.29, 0.717) is 0 Å². The summed E-state index contributed by atoms with van der Waals surface area (Å²) in [6.45, 7) is 7.80. The van der Waals surface area contributed by atoms with E-state index in [2.05, 4.69) is 62.0 Å². The Morgan fingerprint density at radius 1 is 1.00 bits per heavy atom. The summed E-state index contributed by atoms with van der Waals surface area (Å²) in [5.41, 5.74) is 2.76. The minimum Gasteiger partial charge on any atom is -0.372 e. The molecule has 2 nitrogen and oxygen atoms in total. The van der Waals surface area contributed by atoms with E-state index in [4.69, 9.17) is 0 Å². The molecule has 1 aromatic rings. The summed E-state index contributed by atoms with van der Waals surface area (Å²) in [5.74, 6) is 0. The number of nitrogens with zero attached hydrogens (tertiary/aromatic N) is 2. The van der Waals surface area contributed by atoms with E-state index in [1.807, 2.05) is 0 Å². The van der Waals surface area contributed by atoms with Gasteiger partial charge in [-0.25, -0.2) is 0 Å². The van der Waals surface area contributed by atoms with Crippen LogP contribution < -0.4 is 4.90 Å². The number of hydrogen-bond donors (Lipinski definition) is 0. The Balaban J connectivity index is 2.79. The molecular formula is C15H26N2. The van der Waals surface area contributed by atoms with Crippen LogP contribution >= 0.6 is 0 Å². The number of hydrogen-bond acceptors (Lipinski definition) is 2. The predicted molar refractivity (Wildman–Crippen MR) is 76.6 cm³/mol. The van der Waals surface area contributed by atoms with E-state index in [9.17, 15) is 0 Å². The summed E-state index contributed by atoms with van der Waals surface area (Å²) in [5, 5.41) is 0. The van der Waals surface area contributed by atoms with Crippen molar-refractivity contribution in [3.8, 4) is 0 Å². The molecule has 0 aromatic heterocycles. The molecule has 2 heteroatoms. The summed E-state index contributed by atoms with van der Waals surface area (Å²) in [4.78, 5) is 4.70. The highest BCUT2D eigenvalue weighted by atomic mass is 15.1. The Kier molecular flexibility index (Phi) is 6.06. The van der Waals surface area contributed by atoms with Crippen molar-refractivity contribution in [2.45, 2.75) is 33.2 Å². The van der Waals surface area contributed by atoms with Crippen LogP contribution in [0, 0.1) is 0 Å². The molecule has 1 rings (SSSR count). The molecule has 96 valence electrons. The van der Waals surface area contributed by atoms with E-state index in [0.717, 1.165) is 19.6 Å². The first-order valence-electron chi connectivity index (χ1n) is 6.66. The molecule has 0 heterocycles. The standard InChI is InChI=1S/C15H26N2/c1-5-10-17(11-6-2)15-9-7-8-14(12-15)13-16(3)4/h7-9,12H,5-6,10-11,13H2,1-4H3. The molecule has 0 aliphatic carbocycles. The Labute approximate surface area is 106 Å². The van der Waals surface area contributed by atoms with Crippen LogP contribution in [-0.4, -0.2) is 32.1 Å². The molecule has 0 atom stereocenters. The molecule has 17 heavy (non-hydrogen) atoms. The van der Waals surface area contributed by atoms with E-state index >= 15 is 0 Å². The van der Waals surface area contributed by atoms with Crippen molar-refractivity contribution in [3.05, 3.63) is 29.8 Å². The molecule has 0 bridgehead atoms. The minimum atomic E-state index is 1.01. The average Bonchev–Trinajstić information content (AvgIpc) is 2.28. The lowest BCUT2D eigenvalue weighted by Crippen LogP contribution is -2.25. The van der Waals surface area contributed by atoms with E-state index in [1.54, 1.807) is 0 Å². The van der Waals surface area contributed by atoms with Crippen LogP contribution in [0.15, 0.2) is 24.3 Å². The highest BCUT2D eigenvalue weighted by Gasteiger charge is 2.05. The predicted octanol–water partition coefficient (Wildman–Crippen LogP) is 3.37. The quantitative estimate of drug-likeness (QED) is 0.713. The number of benzene rings is 1. The average molecular weight is 234 g/mol. The van der Waals surface area contributed by atoms with E-state index in [-0.39, 0.29) is 0 Å². The second kappa shape index (κ2) is 7.33. The van der Waals surface area contributed by atoms with Crippen molar-refractivity contribution in [1.82, 2.24) is 4.90 Å². The van der Waals surface area contributed by atoms with E-state index < -0.39 is 0 Å². The van der Waals surface area contributed by atoms with Crippen molar-refractivity contribution < 1.29 is 0 Å².